The highest BCUT2D eigenvalue weighted by Gasteiger charge is 2.32. The van der Waals surface area contributed by atoms with Crippen molar-refractivity contribution in [1.82, 2.24) is 10.2 Å². The normalized spacial score (nSPS) is 12.1. The molecule has 186 valence electrons. The molecule has 0 saturated carbocycles. The maximum absolute atomic E-state index is 13.7. The molecule has 0 aliphatic heterocycles. The summed E-state index contributed by atoms with van der Waals surface area (Å²) < 4.78 is 26.7. The highest BCUT2D eigenvalue weighted by atomic mass is 32.2. The minimum Gasteiger partial charge on any atom is -0.354 e. The van der Waals surface area contributed by atoms with Crippen molar-refractivity contribution in [2.45, 2.75) is 59.5 Å². The first-order chi connectivity index (χ1) is 16.1. The van der Waals surface area contributed by atoms with Crippen molar-refractivity contribution in [3.63, 3.8) is 0 Å². The van der Waals surface area contributed by atoms with E-state index in [1.807, 2.05) is 64.1 Å². The second kappa shape index (κ2) is 12.6. The SMILES string of the molecule is CCCNC(=O)C(CC)N(Cc1cccc(C)c1)C(=O)CN(c1ccccc1CC)S(C)(=O)=O. The van der Waals surface area contributed by atoms with Crippen molar-refractivity contribution >= 4 is 27.5 Å². The summed E-state index contributed by atoms with van der Waals surface area (Å²) in [6.45, 7) is 8.08. The zero-order chi connectivity index (χ0) is 25.3. The molecule has 7 nitrogen and oxygen atoms in total. The van der Waals surface area contributed by atoms with Gasteiger partial charge in [-0.15, -0.1) is 0 Å². The van der Waals surface area contributed by atoms with Crippen LogP contribution in [0.25, 0.3) is 0 Å². The minimum absolute atomic E-state index is 0.214. The van der Waals surface area contributed by atoms with Crippen LogP contribution in [-0.4, -0.2) is 50.5 Å². The Morgan fingerprint density at radius 2 is 1.74 bits per heavy atom. The molecular weight excluding hydrogens is 450 g/mol. The van der Waals surface area contributed by atoms with Crippen LogP contribution >= 0.6 is 0 Å². The van der Waals surface area contributed by atoms with Gasteiger partial charge in [0.15, 0.2) is 0 Å². The van der Waals surface area contributed by atoms with Crippen LogP contribution in [0.1, 0.15) is 50.3 Å². The Hall–Kier alpha value is -2.87. The average Bonchev–Trinajstić information content (AvgIpc) is 2.80. The van der Waals surface area contributed by atoms with Gasteiger partial charge >= 0.3 is 0 Å². The van der Waals surface area contributed by atoms with E-state index in [9.17, 15) is 18.0 Å². The Morgan fingerprint density at radius 3 is 2.32 bits per heavy atom. The lowest BCUT2D eigenvalue weighted by molar-refractivity contribution is -0.140. The summed E-state index contributed by atoms with van der Waals surface area (Å²) in [5.74, 6) is -0.651. The van der Waals surface area contributed by atoms with Crippen LogP contribution in [0.5, 0.6) is 0 Å². The molecule has 0 radical (unpaired) electrons. The van der Waals surface area contributed by atoms with Crippen molar-refractivity contribution in [1.29, 1.82) is 0 Å². The fraction of sp³-hybridized carbons (Fsp3) is 0.462. The highest BCUT2D eigenvalue weighted by molar-refractivity contribution is 7.92. The molecule has 0 saturated heterocycles. The van der Waals surface area contributed by atoms with E-state index in [1.54, 1.807) is 12.1 Å². The monoisotopic (exact) mass is 487 g/mol. The molecule has 1 atom stereocenters. The van der Waals surface area contributed by atoms with Gasteiger partial charge in [0.2, 0.25) is 21.8 Å². The summed E-state index contributed by atoms with van der Waals surface area (Å²) in [6.07, 6.45) is 2.92. The van der Waals surface area contributed by atoms with Crippen LogP contribution in [0.4, 0.5) is 5.69 Å². The predicted octanol–water partition coefficient (Wildman–Crippen LogP) is 3.66. The average molecular weight is 488 g/mol. The van der Waals surface area contributed by atoms with E-state index >= 15 is 0 Å². The number of para-hydroxylation sites is 1. The van der Waals surface area contributed by atoms with Crippen molar-refractivity contribution in [3.05, 3.63) is 65.2 Å². The lowest BCUT2D eigenvalue weighted by Crippen LogP contribution is -2.52. The molecule has 0 fully saturated rings. The lowest BCUT2D eigenvalue weighted by Gasteiger charge is -2.33. The fourth-order valence-electron chi connectivity index (χ4n) is 3.94. The number of nitrogens with one attached hydrogen (secondary N) is 1. The third-order valence-electron chi connectivity index (χ3n) is 5.69. The van der Waals surface area contributed by atoms with Gasteiger partial charge in [-0.1, -0.05) is 68.8 Å². The molecule has 0 bridgehead atoms. The number of anilines is 1. The van der Waals surface area contributed by atoms with Gasteiger partial charge in [-0.25, -0.2) is 8.42 Å². The minimum atomic E-state index is -3.74. The summed E-state index contributed by atoms with van der Waals surface area (Å²) in [5, 5.41) is 2.88. The molecular formula is C26H37N3O4S. The summed E-state index contributed by atoms with van der Waals surface area (Å²) in [5.41, 5.74) is 3.25. The highest BCUT2D eigenvalue weighted by Crippen LogP contribution is 2.24. The lowest BCUT2D eigenvalue weighted by atomic mass is 10.1. The predicted molar refractivity (Wildman–Crippen MR) is 137 cm³/mol. The Kier molecular flexibility index (Phi) is 10.1. The van der Waals surface area contributed by atoms with Gasteiger partial charge < -0.3 is 10.2 Å². The number of benzene rings is 2. The van der Waals surface area contributed by atoms with Gasteiger partial charge in [-0.3, -0.25) is 13.9 Å². The van der Waals surface area contributed by atoms with Gasteiger partial charge in [0, 0.05) is 13.1 Å². The van der Waals surface area contributed by atoms with Crippen molar-refractivity contribution in [2.75, 3.05) is 23.7 Å². The van der Waals surface area contributed by atoms with E-state index in [0.29, 0.717) is 25.1 Å². The Balaban J connectivity index is 2.46. The topological polar surface area (TPSA) is 86.8 Å². The quantitative estimate of drug-likeness (QED) is 0.495. The number of carbonyl (C=O) groups excluding carboxylic acids is 2. The number of rotatable bonds is 12. The Labute approximate surface area is 204 Å². The van der Waals surface area contributed by atoms with E-state index < -0.39 is 22.0 Å². The molecule has 34 heavy (non-hydrogen) atoms. The van der Waals surface area contributed by atoms with E-state index in [0.717, 1.165) is 33.7 Å². The first-order valence-electron chi connectivity index (χ1n) is 11.8. The van der Waals surface area contributed by atoms with Crippen LogP contribution in [0, 0.1) is 6.92 Å². The number of nitrogens with zero attached hydrogens (tertiary/aromatic N) is 2. The van der Waals surface area contributed by atoms with Crippen LogP contribution in [-0.2, 0) is 32.6 Å². The molecule has 0 heterocycles. The summed E-state index contributed by atoms with van der Waals surface area (Å²) in [6, 6.07) is 14.2. The van der Waals surface area contributed by atoms with Gasteiger partial charge in [-0.05, 0) is 43.4 Å². The molecule has 2 aromatic carbocycles. The maximum atomic E-state index is 13.7. The first-order valence-corrected chi connectivity index (χ1v) is 13.6. The molecule has 0 aromatic heterocycles. The van der Waals surface area contributed by atoms with Gasteiger partial charge in [0.05, 0.1) is 11.9 Å². The number of carbonyl (C=O) groups is 2. The molecule has 2 rings (SSSR count). The zero-order valence-corrected chi connectivity index (χ0v) is 21.7. The van der Waals surface area contributed by atoms with E-state index in [4.69, 9.17) is 0 Å². The van der Waals surface area contributed by atoms with Gasteiger partial charge in [0.1, 0.15) is 12.6 Å². The maximum Gasteiger partial charge on any atom is 0.244 e. The van der Waals surface area contributed by atoms with Crippen molar-refractivity contribution < 1.29 is 18.0 Å². The largest absolute Gasteiger partial charge is 0.354 e. The number of aryl methyl sites for hydroxylation is 2. The number of hydrogen-bond donors (Lipinski definition) is 1. The van der Waals surface area contributed by atoms with Gasteiger partial charge in [0.25, 0.3) is 0 Å². The summed E-state index contributed by atoms with van der Waals surface area (Å²) >= 11 is 0. The van der Waals surface area contributed by atoms with E-state index in [2.05, 4.69) is 5.32 Å². The second-order valence-corrected chi connectivity index (χ2v) is 10.4. The summed E-state index contributed by atoms with van der Waals surface area (Å²) in [7, 11) is -3.74. The Bertz CT molecular complexity index is 1080. The fourth-order valence-corrected chi connectivity index (χ4v) is 4.82. The molecule has 1 N–H and O–H groups in total. The second-order valence-electron chi connectivity index (χ2n) is 8.48. The van der Waals surface area contributed by atoms with Gasteiger partial charge in [-0.2, -0.15) is 0 Å². The Morgan fingerprint density at radius 1 is 1.03 bits per heavy atom. The van der Waals surface area contributed by atoms with Crippen molar-refractivity contribution in [2.24, 2.45) is 0 Å². The zero-order valence-electron chi connectivity index (χ0n) is 20.9. The van der Waals surface area contributed by atoms with Crippen molar-refractivity contribution in [3.8, 4) is 0 Å². The number of hydrogen-bond acceptors (Lipinski definition) is 4. The van der Waals surface area contributed by atoms with Crippen LogP contribution in [0.15, 0.2) is 48.5 Å². The number of amides is 2. The van der Waals surface area contributed by atoms with Crippen LogP contribution in [0.2, 0.25) is 0 Å². The third kappa shape index (κ3) is 7.32. The molecule has 0 spiro atoms. The van der Waals surface area contributed by atoms with E-state index in [-0.39, 0.29) is 19.0 Å². The first kappa shape index (κ1) is 27.4. The molecule has 2 aromatic rings. The van der Waals surface area contributed by atoms with Crippen LogP contribution in [0.3, 0.4) is 0 Å². The standard InChI is InChI=1S/C26H37N3O4S/c1-6-16-27-26(31)23(8-3)28(18-21-13-11-12-20(4)17-21)25(30)19-29(34(5,32)33)24-15-10-9-14-22(24)7-2/h9-15,17,23H,6-8,16,18-19H2,1-5H3,(H,27,31). The molecule has 0 aliphatic rings. The molecule has 8 heteroatoms. The van der Waals surface area contributed by atoms with Crippen LogP contribution < -0.4 is 9.62 Å². The number of sulfonamides is 1. The molecule has 0 aliphatic carbocycles. The summed E-state index contributed by atoms with van der Waals surface area (Å²) in [4.78, 5) is 28.1. The molecule has 2 amide bonds. The van der Waals surface area contributed by atoms with E-state index in [1.165, 1.54) is 4.90 Å². The molecule has 1 unspecified atom stereocenters. The smallest absolute Gasteiger partial charge is 0.244 e. The third-order valence-corrected chi connectivity index (χ3v) is 6.82.